The number of hydrogen-bond acceptors (Lipinski definition) is 5. The number of carbonyl (C=O) groups is 2. The number of hydrogen-bond donors (Lipinski definition) is 1. The first-order valence-corrected chi connectivity index (χ1v) is 8.51. The molecule has 7 nitrogen and oxygen atoms in total. The first kappa shape index (κ1) is 17.9. The van der Waals surface area contributed by atoms with Crippen molar-refractivity contribution in [2.75, 3.05) is 38.6 Å². The number of benzene rings is 1. The van der Waals surface area contributed by atoms with Gasteiger partial charge in [-0.05, 0) is 51.3 Å². The van der Waals surface area contributed by atoms with Crippen LogP contribution in [0.25, 0.3) is 0 Å². The molecular weight excluding hydrogens is 332 g/mol. The molecule has 2 heterocycles. The first-order chi connectivity index (χ1) is 12.6. The monoisotopic (exact) mass is 354 g/mol. The standard InChI is InChI=1S/C19H22N4O3/c1-22(2)12-6-11-20-17(24)13-23-15-8-5-10-21-18(15)26-16-9-4-3-7-14(16)19(23)25/h3-5,7-10H,6,11-13H2,1-2H3,(H,20,24). The highest BCUT2D eigenvalue weighted by atomic mass is 16.5. The summed E-state index contributed by atoms with van der Waals surface area (Å²) in [5.41, 5.74) is 0.892. The zero-order chi connectivity index (χ0) is 18.5. The highest BCUT2D eigenvalue weighted by Gasteiger charge is 2.29. The summed E-state index contributed by atoms with van der Waals surface area (Å²) in [6.07, 6.45) is 2.44. The molecule has 2 aromatic rings. The van der Waals surface area contributed by atoms with Crippen molar-refractivity contribution >= 4 is 17.5 Å². The van der Waals surface area contributed by atoms with E-state index in [1.54, 1.807) is 42.6 Å². The molecule has 1 aliphatic heterocycles. The maximum atomic E-state index is 13.0. The number of amides is 2. The molecule has 1 aromatic heterocycles. The highest BCUT2D eigenvalue weighted by Crippen LogP contribution is 2.36. The summed E-state index contributed by atoms with van der Waals surface area (Å²) < 4.78 is 5.80. The maximum Gasteiger partial charge on any atom is 0.262 e. The van der Waals surface area contributed by atoms with Crippen LogP contribution < -0.4 is 15.0 Å². The minimum absolute atomic E-state index is 0.0861. The Morgan fingerprint density at radius 2 is 2.04 bits per heavy atom. The average molecular weight is 354 g/mol. The lowest BCUT2D eigenvalue weighted by molar-refractivity contribution is -0.119. The number of fused-ring (bicyclic) bond motifs is 2. The number of pyridine rings is 1. The SMILES string of the molecule is CN(C)CCCNC(=O)CN1C(=O)c2ccccc2Oc2ncccc21. The summed E-state index contributed by atoms with van der Waals surface area (Å²) in [5.74, 6) is 0.250. The second-order valence-electron chi connectivity index (χ2n) is 6.32. The Morgan fingerprint density at radius 3 is 2.85 bits per heavy atom. The Balaban J connectivity index is 1.79. The van der Waals surface area contributed by atoms with Gasteiger partial charge in [-0.2, -0.15) is 0 Å². The molecule has 7 heteroatoms. The van der Waals surface area contributed by atoms with Gasteiger partial charge in [0, 0.05) is 12.7 Å². The molecule has 1 N–H and O–H groups in total. The molecule has 136 valence electrons. The number of carbonyl (C=O) groups excluding carboxylic acids is 2. The minimum Gasteiger partial charge on any atom is -0.436 e. The third-order valence-electron chi connectivity index (χ3n) is 4.02. The topological polar surface area (TPSA) is 74.8 Å². The molecule has 0 atom stereocenters. The molecule has 3 rings (SSSR count). The summed E-state index contributed by atoms with van der Waals surface area (Å²) in [4.78, 5) is 33.0. The Kier molecular flexibility index (Phi) is 5.48. The lowest BCUT2D eigenvalue weighted by atomic mass is 10.1. The van der Waals surface area contributed by atoms with Gasteiger partial charge in [0.2, 0.25) is 11.8 Å². The molecule has 0 aliphatic carbocycles. The molecule has 0 saturated heterocycles. The molecule has 0 spiro atoms. The number of nitrogens with one attached hydrogen (secondary N) is 1. The van der Waals surface area contributed by atoms with Crippen LogP contribution in [0.4, 0.5) is 5.69 Å². The van der Waals surface area contributed by atoms with Gasteiger partial charge in [0.05, 0.1) is 5.56 Å². The highest BCUT2D eigenvalue weighted by molar-refractivity contribution is 6.11. The Morgan fingerprint density at radius 1 is 1.23 bits per heavy atom. The Labute approximate surface area is 152 Å². The predicted molar refractivity (Wildman–Crippen MR) is 98.6 cm³/mol. The first-order valence-electron chi connectivity index (χ1n) is 8.51. The fraction of sp³-hybridized carbons (Fsp3) is 0.316. The van der Waals surface area contributed by atoms with Crippen LogP contribution in [0.3, 0.4) is 0 Å². The zero-order valence-electron chi connectivity index (χ0n) is 14.9. The number of para-hydroxylation sites is 1. The molecule has 0 radical (unpaired) electrons. The van der Waals surface area contributed by atoms with Gasteiger partial charge in [-0.25, -0.2) is 4.98 Å². The van der Waals surface area contributed by atoms with Crippen molar-refractivity contribution in [2.45, 2.75) is 6.42 Å². The van der Waals surface area contributed by atoms with E-state index in [-0.39, 0.29) is 18.4 Å². The summed E-state index contributed by atoms with van der Waals surface area (Å²) >= 11 is 0. The Hall–Kier alpha value is -2.93. The summed E-state index contributed by atoms with van der Waals surface area (Å²) in [7, 11) is 3.97. The van der Waals surface area contributed by atoms with Crippen molar-refractivity contribution in [1.29, 1.82) is 0 Å². The summed E-state index contributed by atoms with van der Waals surface area (Å²) in [5, 5.41) is 2.86. The fourth-order valence-electron chi connectivity index (χ4n) is 2.74. The van der Waals surface area contributed by atoms with Crippen molar-refractivity contribution in [1.82, 2.24) is 15.2 Å². The molecular formula is C19H22N4O3. The molecule has 0 fully saturated rings. The molecule has 2 amide bonds. The van der Waals surface area contributed by atoms with Crippen LogP contribution in [0.15, 0.2) is 42.6 Å². The minimum atomic E-state index is -0.282. The van der Waals surface area contributed by atoms with Crippen LogP contribution in [-0.4, -0.2) is 55.4 Å². The van der Waals surface area contributed by atoms with E-state index < -0.39 is 0 Å². The van der Waals surface area contributed by atoms with E-state index in [0.717, 1.165) is 13.0 Å². The van der Waals surface area contributed by atoms with Crippen LogP contribution in [0.5, 0.6) is 11.6 Å². The van der Waals surface area contributed by atoms with Gasteiger partial charge in [-0.1, -0.05) is 12.1 Å². The van der Waals surface area contributed by atoms with Crippen LogP contribution in [-0.2, 0) is 4.79 Å². The molecule has 1 aliphatic rings. The molecule has 0 unspecified atom stereocenters. The van der Waals surface area contributed by atoms with Crippen molar-refractivity contribution in [3.05, 3.63) is 48.2 Å². The Bertz CT molecular complexity index is 807. The van der Waals surface area contributed by atoms with Crippen molar-refractivity contribution in [2.24, 2.45) is 0 Å². The fourth-order valence-corrected chi connectivity index (χ4v) is 2.74. The van der Waals surface area contributed by atoms with Crippen LogP contribution >= 0.6 is 0 Å². The van der Waals surface area contributed by atoms with Gasteiger partial charge in [0.1, 0.15) is 18.0 Å². The largest absolute Gasteiger partial charge is 0.436 e. The number of aromatic nitrogens is 1. The third kappa shape index (κ3) is 4.00. The van der Waals surface area contributed by atoms with E-state index in [1.165, 1.54) is 4.90 Å². The third-order valence-corrected chi connectivity index (χ3v) is 4.02. The normalized spacial score (nSPS) is 12.9. The van der Waals surface area contributed by atoms with Gasteiger partial charge in [0.25, 0.3) is 5.91 Å². The van der Waals surface area contributed by atoms with E-state index in [2.05, 4.69) is 15.2 Å². The van der Waals surface area contributed by atoms with E-state index in [1.807, 2.05) is 14.1 Å². The van der Waals surface area contributed by atoms with Crippen molar-refractivity contribution < 1.29 is 14.3 Å². The quantitative estimate of drug-likeness (QED) is 0.802. The number of nitrogens with zero attached hydrogens (tertiary/aromatic N) is 3. The zero-order valence-corrected chi connectivity index (χ0v) is 14.9. The van der Waals surface area contributed by atoms with E-state index in [9.17, 15) is 9.59 Å². The van der Waals surface area contributed by atoms with Crippen molar-refractivity contribution in [3.63, 3.8) is 0 Å². The van der Waals surface area contributed by atoms with Gasteiger partial charge >= 0.3 is 0 Å². The van der Waals surface area contributed by atoms with E-state index in [4.69, 9.17) is 4.74 Å². The van der Waals surface area contributed by atoms with Gasteiger partial charge < -0.3 is 15.0 Å². The lowest BCUT2D eigenvalue weighted by Gasteiger charge is -2.21. The number of ether oxygens (including phenoxy) is 1. The molecule has 0 saturated carbocycles. The summed E-state index contributed by atoms with van der Waals surface area (Å²) in [6, 6.07) is 10.4. The summed E-state index contributed by atoms with van der Waals surface area (Å²) in [6.45, 7) is 1.36. The predicted octanol–water partition coefficient (Wildman–Crippen LogP) is 1.90. The number of anilines is 1. The van der Waals surface area contributed by atoms with Crippen molar-refractivity contribution in [3.8, 4) is 11.6 Å². The van der Waals surface area contributed by atoms with E-state index in [0.29, 0.717) is 29.4 Å². The second kappa shape index (κ2) is 7.97. The molecule has 26 heavy (non-hydrogen) atoms. The number of rotatable bonds is 6. The van der Waals surface area contributed by atoms with Gasteiger partial charge in [-0.15, -0.1) is 0 Å². The van der Waals surface area contributed by atoms with Gasteiger partial charge in [0.15, 0.2) is 0 Å². The maximum absolute atomic E-state index is 13.0. The molecule has 1 aromatic carbocycles. The second-order valence-corrected chi connectivity index (χ2v) is 6.32. The average Bonchev–Trinajstić information content (AvgIpc) is 2.74. The van der Waals surface area contributed by atoms with Crippen LogP contribution in [0, 0.1) is 0 Å². The van der Waals surface area contributed by atoms with Crippen LogP contribution in [0.2, 0.25) is 0 Å². The van der Waals surface area contributed by atoms with Crippen LogP contribution in [0.1, 0.15) is 16.8 Å². The lowest BCUT2D eigenvalue weighted by Crippen LogP contribution is -2.41. The smallest absolute Gasteiger partial charge is 0.262 e. The van der Waals surface area contributed by atoms with Gasteiger partial charge in [-0.3, -0.25) is 14.5 Å². The molecule has 0 bridgehead atoms. The van der Waals surface area contributed by atoms with E-state index >= 15 is 0 Å².